The van der Waals surface area contributed by atoms with Crippen LogP contribution in [0.2, 0.25) is 0 Å². The highest BCUT2D eigenvalue weighted by atomic mass is 19.1. The molecule has 21 heavy (non-hydrogen) atoms. The molecule has 108 valence electrons. The van der Waals surface area contributed by atoms with Crippen molar-refractivity contribution in [1.82, 2.24) is 0 Å². The molecule has 0 N–H and O–H groups in total. The van der Waals surface area contributed by atoms with Crippen LogP contribution in [-0.4, -0.2) is 5.60 Å². The number of rotatable bonds is 2. The Labute approximate surface area is 125 Å². The van der Waals surface area contributed by atoms with Gasteiger partial charge in [0.1, 0.15) is 5.82 Å². The van der Waals surface area contributed by atoms with Gasteiger partial charge in [-0.25, -0.2) is 4.39 Å². The molecule has 0 saturated carbocycles. The summed E-state index contributed by atoms with van der Waals surface area (Å²) in [4.78, 5) is 0. The van der Waals surface area contributed by atoms with Gasteiger partial charge in [-0.2, -0.15) is 0 Å². The number of halogens is 1. The molecule has 3 rings (SSSR count). The second-order valence-corrected chi connectivity index (χ2v) is 6.00. The predicted molar refractivity (Wildman–Crippen MR) is 83.3 cm³/mol. The van der Waals surface area contributed by atoms with Gasteiger partial charge in [-0.3, -0.25) is 0 Å². The molecule has 1 aliphatic rings. The maximum atomic E-state index is 13.1. The van der Waals surface area contributed by atoms with E-state index in [1.807, 2.05) is 30.3 Å². The maximum Gasteiger partial charge on any atom is 0.123 e. The second-order valence-electron chi connectivity index (χ2n) is 6.00. The number of benzene rings is 2. The first-order valence-corrected chi connectivity index (χ1v) is 7.24. The Morgan fingerprint density at radius 2 is 1.67 bits per heavy atom. The van der Waals surface area contributed by atoms with E-state index in [9.17, 15) is 4.39 Å². The van der Waals surface area contributed by atoms with Crippen molar-refractivity contribution in [3.8, 4) is 0 Å². The third-order valence-corrected chi connectivity index (χ3v) is 3.76. The molecule has 0 saturated heterocycles. The Hall–Kier alpha value is -1.93. The molecular formula is C19H19FO. The summed E-state index contributed by atoms with van der Waals surface area (Å²) in [5, 5.41) is 0. The van der Waals surface area contributed by atoms with Gasteiger partial charge in [0, 0.05) is 6.42 Å². The molecule has 0 amide bonds. The summed E-state index contributed by atoms with van der Waals surface area (Å²) in [7, 11) is 0. The molecule has 1 atom stereocenters. The highest BCUT2D eigenvalue weighted by molar-refractivity contribution is 5.68. The standard InChI is InChI=1S/C19H19FO/c1-19(2)13-16(14-6-4-3-5-7-14)12-18(21-19)15-8-10-17(20)11-9-15/h3-11,13,18H,12H2,1-2H3. The average Bonchev–Trinajstić information content (AvgIpc) is 2.47. The second kappa shape index (κ2) is 5.45. The van der Waals surface area contributed by atoms with E-state index in [-0.39, 0.29) is 17.5 Å². The van der Waals surface area contributed by atoms with Crippen molar-refractivity contribution in [3.63, 3.8) is 0 Å². The zero-order chi connectivity index (χ0) is 14.9. The molecule has 0 aliphatic carbocycles. The lowest BCUT2D eigenvalue weighted by Gasteiger charge is -2.35. The lowest BCUT2D eigenvalue weighted by molar-refractivity contribution is -0.0476. The lowest BCUT2D eigenvalue weighted by atomic mass is 9.89. The first-order valence-electron chi connectivity index (χ1n) is 7.24. The highest BCUT2D eigenvalue weighted by Gasteiger charge is 2.29. The SMILES string of the molecule is CC1(C)C=C(c2ccccc2)CC(c2ccc(F)cc2)O1. The van der Waals surface area contributed by atoms with Crippen LogP contribution in [0, 0.1) is 5.82 Å². The van der Waals surface area contributed by atoms with Gasteiger partial charge in [-0.1, -0.05) is 42.5 Å². The molecule has 0 spiro atoms. The van der Waals surface area contributed by atoms with Gasteiger partial charge < -0.3 is 4.74 Å². The van der Waals surface area contributed by atoms with Crippen LogP contribution in [0.4, 0.5) is 4.39 Å². The summed E-state index contributed by atoms with van der Waals surface area (Å²) in [5.74, 6) is -0.215. The molecule has 2 aromatic rings. The van der Waals surface area contributed by atoms with E-state index >= 15 is 0 Å². The van der Waals surface area contributed by atoms with Gasteiger partial charge in [0.15, 0.2) is 0 Å². The minimum absolute atomic E-state index is 0.0409. The van der Waals surface area contributed by atoms with Crippen LogP contribution in [0.5, 0.6) is 0 Å². The number of hydrogen-bond acceptors (Lipinski definition) is 1. The lowest BCUT2D eigenvalue weighted by Crippen LogP contribution is -2.28. The molecule has 0 radical (unpaired) electrons. The molecule has 1 unspecified atom stereocenters. The predicted octanol–water partition coefficient (Wildman–Crippen LogP) is 5.15. The van der Waals surface area contributed by atoms with Crippen molar-refractivity contribution in [2.75, 3.05) is 0 Å². The summed E-state index contributed by atoms with van der Waals surface area (Å²) in [6.07, 6.45) is 2.95. The fourth-order valence-electron chi connectivity index (χ4n) is 2.84. The average molecular weight is 282 g/mol. The fraction of sp³-hybridized carbons (Fsp3) is 0.263. The quantitative estimate of drug-likeness (QED) is 0.740. The van der Waals surface area contributed by atoms with Crippen molar-refractivity contribution in [1.29, 1.82) is 0 Å². The minimum atomic E-state index is -0.331. The Morgan fingerprint density at radius 3 is 2.33 bits per heavy atom. The van der Waals surface area contributed by atoms with Gasteiger partial charge in [-0.05, 0) is 48.8 Å². The smallest absolute Gasteiger partial charge is 0.123 e. The van der Waals surface area contributed by atoms with E-state index in [1.54, 1.807) is 0 Å². The van der Waals surface area contributed by atoms with Crippen LogP contribution in [0.1, 0.15) is 37.5 Å². The monoisotopic (exact) mass is 282 g/mol. The molecule has 2 aromatic carbocycles. The van der Waals surface area contributed by atoms with Crippen molar-refractivity contribution < 1.29 is 9.13 Å². The highest BCUT2D eigenvalue weighted by Crippen LogP contribution is 2.39. The molecule has 0 aromatic heterocycles. The van der Waals surface area contributed by atoms with Gasteiger partial charge >= 0.3 is 0 Å². The third kappa shape index (κ3) is 3.22. The molecule has 2 heteroatoms. The number of ether oxygens (including phenoxy) is 1. The summed E-state index contributed by atoms with van der Waals surface area (Å²) in [6, 6.07) is 17.0. The number of hydrogen-bond donors (Lipinski definition) is 0. The van der Waals surface area contributed by atoms with E-state index in [4.69, 9.17) is 4.74 Å². The Bertz CT molecular complexity index is 641. The molecule has 0 bridgehead atoms. The maximum absolute atomic E-state index is 13.1. The molecule has 1 aliphatic heterocycles. The summed E-state index contributed by atoms with van der Waals surface area (Å²) >= 11 is 0. The molecule has 1 heterocycles. The topological polar surface area (TPSA) is 9.23 Å². The van der Waals surface area contributed by atoms with Crippen LogP contribution in [0.25, 0.3) is 5.57 Å². The van der Waals surface area contributed by atoms with Crippen LogP contribution < -0.4 is 0 Å². The van der Waals surface area contributed by atoms with E-state index in [1.165, 1.54) is 23.3 Å². The Balaban J connectivity index is 1.93. The summed E-state index contributed by atoms with van der Waals surface area (Å²) in [6.45, 7) is 4.12. The fourth-order valence-corrected chi connectivity index (χ4v) is 2.84. The van der Waals surface area contributed by atoms with Crippen molar-refractivity contribution in [2.24, 2.45) is 0 Å². The van der Waals surface area contributed by atoms with Gasteiger partial charge in [0.05, 0.1) is 11.7 Å². The third-order valence-electron chi connectivity index (χ3n) is 3.76. The Morgan fingerprint density at radius 1 is 1.00 bits per heavy atom. The van der Waals surface area contributed by atoms with Crippen molar-refractivity contribution >= 4 is 5.57 Å². The molecule has 1 nitrogen and oxygen atoms in total. The minimum Gasteiger partial charge on any atom is -0.363 e. The zero-order valence-electron chi connectivity index (χ0n) is 12.3. The van der Waals surface area contributed by atoms with Crippen molar-refractivity contribution in [2.45, 2.75) is 32.0 Å². The van der Waals surface area contributed by atoms with E-state index in [0.717, 1.165) is 12.0 Å². The molecular weight excluding hydrogens is 263 g/mol. The van der Waals surface area contributed by atoms with Crippen LogP contribution in [0.3, 0.4) is 0 Å². The first-order chi connectivity index (χ1) is 10.0. The van der Waals surface area contributed by atoms with Crippen LogP contribution >= 0.6 is 0 Å². The zero-order valence-corrected chi connectivity index (χ0v) is 12.3. The van der Waals surface area contributed by atoms with E-state index in [2.05, 4.69) is 32.1 Å². The van der Waals surface area contributed by atoms with Crippen LogP contribution in [0.15, 0.2) is 60.7 Å². The summed E-state index contributed by atoms with van der Waals surface area (Å²) in [5.41, 5.74) is 3.19. The van der Waals surface area contributed by atoms with E-state index < -0.39 is 0 Å². The first kappa shape index (κ1) is 14.0. The largest absolute Gasteiger partial charge is 0.363 e. The molecule has 0 fully saturated rings. The normalized spacial score (nSPS) is 20.9. The van der Waals surface area contributed by atoms with Gasteiger partial charge in [0.25, 0.3) is 0 Å². The van der Waals surface area contributed by atoms with E-state index in [0.29, 0.717) is 0 Å². The Kier molecular flexibility index (Phi) is 3.64. The van der Waals surface area contributed by atoms with Gasteiger partial charge in [-0.15, -0.1) is 0 Å². The summed E-state index contributed by atoms with van der Waals surface area (Å²) < 4.78 is 19.2. The van der Waals surface area contributed by atoms with Crippen LogP contribution in [-0.2, 0) is 4.74 Å². The van der Waals surface area contributed by atoms with Gasteiger partial charge in [0.2, 0.25) is 0 Å². The van der Waals surface area contributed by atoms with Crippen molar-refractivity contribution in [3.05, 3.63) is 77.6 Å².